The molecule has 2 aromatic rings. The Morgan fingerprint density at radius 3 is 2.77 bits per heavy atom. The lowest BCUT2D eigenvalue weighted by molar-refractivity contribution is -0.123. The van der Waals surface area contributed by atoms with Crippen molar-refractivity contribution < 1.29 is 9.59 Å². The van der Waals surface area contributed by atoms with E-state index >= 15 is 0 Å². The van der Waals surface area contributed by atoms with Crippen LogP contribution < -0.4 is 11.1 Å². The molecule has 138 valence electrons. The van der Waals surface area contributed by atoms with Crippen LogP contribution in [0.15, 0.2) is 48.8 Å². The molecule has 0 spiro atoms. The second-order valence-corrected chi connectivity index (χ2v) is 6.79. The fraction of sp³-hybridized carbons (Fsp3) is 0.400. The molecule has 0 radical (unpaired) electrons. The molecule has 2 heterocycles. The average Bonchev–Trinajstić information content (AvgIpc) is 3.20. The van der Waals surface area contributed by atoms with Crippen LogP contribution in [0.4, 0.5) is 0 Å². The van der Waals surface area contributed by atoms with E-state index in [0.717, 1.165) is 44.6 Å². The van der Waals surface area contributed by atoms with Crippen LogP contribution in [-0.2, 0) is 4.79 Å². The largest absolute Gasteiger partial charge is 0.369 e. The second kappa shape index (κ2) is 8.67. The van der Waals surface area contributed by atoms with Crippen molar-refractivity contribution >= 4 is 11.8 Å². The van der Waals surface area contributed by atoms with Crippen molar-refractivity contribution in [1.29, 1.82) is 0 Å². The average molecular weight is 354 g/mol. The van der Waals surface area contributed by atoms with Gasteiger partial charge in [-0.25, -0.2) is 0 Å². The minimum absolute atomic E-state index is 0.0326. The van der Waals surface area contributed by atoms with Crippen molar-refractivity contribution in [1.82, 2.24) is 14.8 Å². The summed E-state index contributed by atoms with van der Waals surface area (Å²) in [7, 11) is 0. The normalized spacial score (nSPS) is 17.8. The summed E-state index contributed by atoms with van der Waals surface area (Å²) in [6.07, 6.45) is 6.66. The molecule has 3 N–H and O–H groups in total. The van der Waals surface area contributed by atoms with Crippen LogP contribution in [0.1, 0.15) is 29.6 Å². The monoisotopic (exact) mass is 354 g/mol. The van der Waals surface area contributed by atoms with Crippen LogP contribution in [0.5, 0.6) is 0 Å². The molecule has 1 aromatic carbocycles. The second-order valence-electron chi connectivity index (χ2n) is 6.79. The standard InChI is InChI=1S/C20H26N4O2/c21-19(25)17-7-4-10-23(15-17)11-5-9-22-20(26)16-6-3-8-18(14-16)24-12-1-2-13-24/h1-3,6,8,12-14,17H,4-5,7,9-11,15H2,(H2,21,25)(H,22,26). The first-order valence-corrected chi connectivity index (χ1v) is 9.17. The van der Waals surface area contributed by atoms with E-state index in [-0.39, 0.29) is 17.7 Å². The van der Waals surface area contributed by atoms with Gasteiger partial charge in [0.05, 0.1) is 5.92 Å². The fourth-order valence-corrected chi connectivity index (χ4v) is 3.41. The van der Waals surface area contributed by atoms with Crippen molar-refractivity contribution in [2.75, 3.05) is 26.2 Å². The topological polar surface area (TPSA) is 80.4 Å². The first-order valence-electron chi connectivity index (χ1n) is 9.17. The van der Waals surface area contributed by atoms with Crippen LogP contribution in [0.25, 0.3) is 5.69 Å². The lowest BCUT2D eigenvalue weighted by Gasteiger charge is -2.31. The van der Waals surface area contributed by atoms with Crippen molar-refractivity contribution in [3.8, 4) is 5.69 Å². The molecule has 2 amide bonds. The van der Waals surface area contributed by atoms with E-state index in [1.54, 1.807) is 0 Å². The highest BCUT2D eigenvalue weighted by molar-refractivity contribution is 5.94. The van der Waals surface area contributed by atoms with E-state index in [1.165, 1.54) is 0 Å². The molecule has 1 aliphatic heterocycles. The van der Waals surface area contributed by atoms with Crippen LogP contribution in [0.3, 0.4) is 0 Å². The van der Waals surface area contributed by atoms with Gasteiger partial charge < -0.3 is 20.5 Å². The Morgan fingerprint density at radius 1 is 1.19 bits per heavy atom. The summed E-state index contributed by atoms with van der Waals surface area (Å²) in [5.41, 5.74) is 7.03. The van der Waals surface area contributed by atoms with E-state index < -0.39 is 0 Å². The van der Waals surface area contributed by atoms with Crippen LogP contribution >= 0.6 is 0 Å². The number of aromatic nitrogens is 1. The zero-order valence-electron chi connectivity index (χ0n) is 14.9. The zero-order valence-corrected chi connectivity index (χ0v) is 14.9. The number of rotatable bonds is 7. The number of hydrogen-bond donors (Lipinski definition) is 2. The van der Waals surface area contributed by atoms with Crippen LogP contribution in [-0.4, -0.2) is 47.5 Å². The molecular weight excluding hydrogens is 328 g/mol. The molecule has 1 saturated heterocycles. The predicted molar refractivity (Wildman–Crippen MR) is 101 cm³/mol. The maximum Gasteiger partial charge on any atom is 0.251 e. The molecule has 0 aliphatic carbocycles. The number of amides is 2. The van der Waals surface area contributed by atoms with Crippen LogP contribution in [0, 0.1) is 5.92 Å². The summed E-state index contributed by atoms with van der Waals surface area (Å²) in [5.74, 6) is -0.298. The molecule has 6 nitrogen and oxygen atoms in total. The lowest BCUT2D eigenvalue weighted by Crippen LogP contribution is -2.42. The van der Waals surface area contributed by atoms with Gasteiger partial charge in [0, 0.05) is 36.7 Å². The molecule has 1 aromatic heterocycles. The molecule has 0 bridgehead atoms. The fourth-order valence-electron chi connectivity index (χ4n) is 3.41. The summed E-state index contributed by atoms with van der Waals surface area (Å²) < 4.78 is 1.97. The zero-order chi connectivity index (χ0) is 18.4. The number of nitrogens with one attached hydrogen (secondary N) is 1. The smallest absolute Gasteiger partial charge is 0.251 e. The van der Waals surface area contributed by atoms with Gasteiger partial charge in [0.1, 0.15) is 0 Å². The SMILES string of the molecule is NC(=O)C1CCCN(CCCNC(=O)c2cccc(-n3cccc3)c2)C1. The highest BCUT2D eigenvalue weighted by Crippen LogP contribution is 2.16. The molecule has 1 atom stereocenters. The number of carbonyl (C=O) groups is 2. The number of hydrogen-bond acceptors (Lipinski definition) is 3. The van der Waals surface area contributed by atoms with Gasteiger partial charge in [-0.05, 0) is 62.7 Å². The summed E-state index contributed by atoms with van der Waals surface area (Å²) in [5, 5.41) is 2.98. The van der Waals surface area contributed by atoms with E-state index in [9.17, 15) is 9.59 Å². The van der Waals surface area contributed by atoms with Gasteiger partial charge in [-0.3, -0.25) is 9.59 Å². The van der Waals surface area contributed by atoms with Crippen molar-refractivity contribution in [2.24, 2.45) is 11.7 Å². The van der Waals surface area contributed by atoms with Gasteiger partial charge in [0.2, 0.25) is 5.91 Å². The van der Waals surface area contributed by atoms with Crippen molar-refractivity contribution in [3.63, 3.8) is 0 Å². The molecular formula is C20H26N4O2. The maximum absolute atomic E-state index is 12.4. The molecule has 26 heavy (non-hydrogen) atoms. The molecule has 3 rings (SSSR count). The number of primary amides is 1. The van der Waals surface area contributed by atoms with Crippen molar-refractivity contribution in [3.05, 3.63) is 54.4 Å². The molecule has 1 fully saturated rings. The number of carbonyl (C=O) groups excluding carboxylic acids is 2. The molecule has 0 saturated carbocycles. The third kappa shape index (κ3) is 4.73. The quantitative estimate of drug-likeness (QED) is 0.744. The Kier molecular flexibility index (Phi) is 6.07. The van der Waals surface area contributed by atoms with Crippen LogP contribution in [0.2, 0.25) is 0 Å². The first kappa shape index (κ1) is 18.2. The number of nitrogens with zero attached hydrogens (tertiary/aromatic N) is 2. The Balaban J connectivity index is 1.44. The Morgan fingerprint density at radius 2 is 2.00 bits per heavy atom. The predicted octanol–water partition coefficient (Wildman–Crippen LogP) is 1.79. The minimum atomic E-state index is -0.203. The summed E-state index contributed by atoms with van der Waals surface area (Å²) in [6, 6.07) is 11.5. The van der Waals surface area contributed by atoms with Gasteiger partial charge in [-0.1, -0.05) is 6.07 Å². The number of benzene rings is 1. The number of nitrogens with two attached hydrogens (primary N) is 1. The third-order valence-electron chi connectivity index (χ3n) is 4.86. The van der Waals surface area contributed by atoms with Crippen molar-refractivity contribution in [2.45, 2.75) is 19.3 Å². The third-order valence-corrected chi connectivity index (χ3v) is 4.86. The Hall–Kier alpha value is -2.60. The summed E-state index contributed by atoms with van der Waals surface area (Å²) in [6.45, 7) is 3.22. The summed E-state index contributed by atoms with van der Waals surface area (Å²) >= 11 is 0. The number of piperidine rings is 1. The Bertz CT molecular complexity index is 742. The van der Waals surface area contributed by atoms with Gasteiger partial charge in [-0.15, -0.1) is 0 Å². The lowest BCUT2D eigenvalue weighted by atomic mass is 9.97. The van der Waals surface area contributed by atoms with Gasteiger partial charge in [0.25, 0.3) is 5.91 Å². The molecule has 1 unspecified atom stereocenters. The molecule has 6 heteroatoms. The van der Waals surface area contributed by atoms with Gasteiger partial charge in [0.15, 0.2) is 0 Å². The first-order chi connectivity index (χ1) is 12.6. The highest BCUT2D eigenvalue weighted by atomic mass is 16.2. The van der Waals surface area contributed by atoms with Gasteiger partial charge in [-0.2, -0.15) is 0 Å². The van der Waals surface area contributed by atoms with Gasteiger partial charge >= 0.3 is 0 Å². The van der Waals surface area contributed by atoms with E-state index in [2.05, 4.69) is 10.2 Å². The minimum Gasteiger partial charge on any atom is -0.369 e. The van der Waals surface area contributed by atoms with E-state index in [0.29, 0.717) is 12.1 Å². The Labute approximate surface area is 154 Å². The van der Waals surface area contributed by atoms with E-state index in [4.69, 9.17) is 5.73 Å². The summed E-state index contributed by atoms with van der Waals surface area (Å²) in [4.78, 5) is 26.0. The maximum atomic E-state index is 12.4. The number of likely N-dealkylation sites (tertiary alicyclic amines) is 1. The highest BCUT2D eigenvalue weighted by Gasteiger charge is 2.23. The molecule has 1 aliphatic rings. The van der Waals surface area contributed by atoms with E-state index in [1.807, 2.05) is 53.4 Å².